The molecular formula is C15H15N3O3S. The van der Waals surface area contributed by atoms with Crippen molar-refractivity contribution in [3.8, 4) is 0 Å². The van der Waals surface area contributed by atoms with Crippen molar-refractivity contribution in [1.82, 2.24) is 9.97 Å². The van der Waals surface area contributed by atoms with Gasteiger partial charge in [-0.15, -0.1) is 0 Å². The summed E-state index contributed by atoms with van der Waals surface area (Å²) in [6.45, 7) is 3.74. The number of carboxylic acid groups (broad SMARTS) is 1. The molecule has 0 unspecified atom stereocenters. The van der Waals surface area contributed by atoms with Crippen molar-refractivity contribution in [2.75, 3.05) is 11.1 Å². The molecular weight excluding hydrogens is 302 g/mol. The third kappa shape index (κ3) is 4.56. The Bertz CT molecular complexity index is 699. The zero-order chi connectivity index (χ0) is 16.1. The highest BCUT2D eigenvalue weighted by atomic mass is 32.2. The number of nitrogens with one attached hydrogen (secondary N) is 1. The number of amides is 1. The lowest BCUT2D eigenvalue weighted by Crippen LogP contribution is -2.14. The average Bonchev–Trinajstić information content (AvgIpc) is 2.44. The summed E-state index contributed by atoms with van der Waals surface area (Å²) in [5, 5.41) is 12.1. The number of nitrogens with zero attached hydrogens (tertiary/aromatic N) is 2. The van der Waals surface area contributed by atoms with Crippen LogP contribution in [0.4, 0.5) is 5.69 Å². The first-order valence-corrected chi connectivity index (χ1v) is 7.51. The van der Waals surface area contributed by atoms with Crippen LogP contribution >= 0.6 is 11.8 Å². The number of hydrogen-bond acceptors (Lipinski definition) is 5. The number of aromatic nitrogens is 2. The van der Waals surface area contributed by atoms with Crippen LogP contribution in [0.3, 0.4) is 0 Å². The zero-order valence-corrected chi connectivity index (χ0v) is 13.0. The first kappa shape index (κ1) is 16.0. The molecule has 22 heavy (non-hydrogen) atoms. The fourth-order valence-electron chi connectivity index (χ4n) is 1.82. The van der Waals surface area contributed by atoms with Crippen LogP contribution in [0.1, 0.15) is 21.7 Å². The average molecular weight is 317 g/mol. The molecule has 114 valence electrons. The second kappa shape index (κ2) is 7.04. The Morgan fingerprint density at radius 1 is 1.18 bits per heavy atom. The molecule has 1 aromatic carbocycles. The number of benzene rings is 1. The standard InChI is InChI=1S/C15H15N3O3S/c1-9-6-10(2)17-15(16-9)22-8-13(19)18-12-5-3-4-11(7-12)14(20)21/h3-7H,8H2,1-2H3,(H,18,19)(H,20,21). The smallest absolute Gasteiger partial charge is 0.335 e. The molecule has 0 radical (unpaired) electrons. The monoisotopic (exact) mass is 317 g/mol. The van der Waals surface area contributed by atoms with E-state index in [1.54, 1.807) is 12.1 Å². The van der Waals surface area contributed by atoms with Crippen molar-refractivity contribution >= 4 is 29.3 Å². The number of carbonyl (C=O) groups is 2. The molecule has 0 atom stereocenters. The van der Waals surface area contributed by atoms with Gasteiger partial charge in [-0.05, 0) is 38.1 Å². The van der Waals surface area contributed by atoms with Gasteiger partial charge in [-0.3, -0.25) is 4.79 Å². The lowest BCUT2D eigenvalue weighted by Gasteiger charge is -2.06. The topological polar surface area (TPSA) is 92.2 Å². The lowest BCUT2D eigenvalue weighted by atomic mass is 10.2. The quantitative estimate of drug-likeness (QED) is 0.650. The highest BCUT2D eigenvalue weighted by Crippen LogP contribution is 2.15. The van der Waals surface area contributed by atoms with Gasteiger partial charge in [-0.2, -0.15) is 0 Å². The van der Waals surface area contributed by atoms with Gasteiger partial charge >= 0.3 is 5.97 Å². The number of carboxylic acids is 1. The van der Waals surface area contributed by atoms with Crippen molar-refractivity contribution in [3.05, 3.63) is 47.3 Å². The second-order valence-corrected chi connectivity index (χ2v) is 5.60. The van der Waals surface area contributed by atoms with E-state index in [0.717, 1.165) is 11.4 Å². The first-order valence-electron chi connectivity index (χ1n) is 6.52. The normalized spacial score (nSPS) is 10.3. The Hall–Kier alpha value is -2.41. The van der Waals surface area contributed by atoms with Gasteiger partial charge in [-0.1, -0.05) is 17.8 Å². The van der Waals surface area contributed by atoms with Crippen LogP contribution in [0, 0.1) is 13.8 Å². The fraction of sp³-hybridized carbons (Fsp3) is 0.200. The number of thioether (sulfide) groups is 1. The van der Waals surface area contributed by atoms with Crippen LogP contribution in [-0.4, -0.2) is 32.7 Å². The molecule has 0 saturated carbocycles. The van der Waals surface area contributed by atoms with Crippen molar-refractivity contribution in [3.63, 3.8) is 0 Å². The highest BCUT2D eigenvalue weighted by molar-refractivity contribution is 7.99. The predicted octanol–water partition coefficient (Wildman–Crippen LogP) is 2.52. The molecule has 2 N–H and O–H groups in total. The summed E-state index contributed by atoms with van der Waals surface area (Å²) in [7, 11) is 0. The van der Waals surface area contributed by atoms with E-state index in [4.69, 9.17) is 5.11 Å². The molecule has 1 heterocycles. The maximum absolute atomic E-state index is 11.9. The molecule has 2 aromatic rings. The van der Waals surface area contributed by atoms with Gasteiger partial charge < -0.3 is 10.4 Å². The van der Waals surface area contributed by atoms with Crippen LogP contribution in [0.25, 0.3) is 0 Å². The minimum Gasteiger partial charge on any atom is -0.478 e. The van der Waals surface area contributed by atoms with Gasteiger partial charge in [0.05, 0.1) is 11.3 Å². The van der Waals surface area contributed by atoms with Gasteiger partial charge in [0.1, 0.15) is 0 Å². The predicted molar refractivity (Wildman–Crippen MR) is 84.3 cm³/mol. The number of anilines is 1. The Kier molecular flexibility index (Phi) is 5.11. The third-order valence-electron chi connectivity index (χ3n) is 2.69. The summed E-state index contributed by atoms with van der Waals surface area (Å²) in [6.07, 6.45) is 0. The Morgan fingerprint density at radius 3 is 2.50 bits per heavy atom. The van der Waals surface area contributed by atoms with Gasteiger partial charge in [-0.25, -0.2) is 14.8 Å². The van der Waals surface area contributed by atoms with Crippen LogP contribution in [0.5, 0.6) is 0 Å². The van der Waals surface area contributed by atoms with E-state index >= 15 is 0 Å². The number of carbonyl (C=O) groups excluding carboxylic acids is 1. The summed E-state index contributed by atoms with van der Waals surface area (Å²) < 4.78 is 0. The third-order valence-corrected chi connectivity index (χ3v) is 3.53. The first-order chi connectivity index (χ1) is 10.4. The summed E-state index contributed by atoms with van der Waals surface area (Å²) in [4.78, 5) is 31.3. The molecule has 0 aliphatic carbocycles. The summed E-state index contributed by atoms with van der Waals surface area (Å²) in [5.74, 6) is -1.12. The summed E-state index contributed by atoms with van der Waals surface area (Å²) in [5.41, 5.74) is 2.28. The maximum atomic E-state index is 11.9. The number of aromatic carboxylic acids is 1. The van der Waals surface area contributed by atoms with Crippen LogP contribution in [0.2, 0.25) is 0 Å². The fourth-order valence-corrected chi connectivity index (χ4v) is 2.56. The number of aryl methyl sites for hydroxylation is 2. The highest BCUT2D eigenvalue weighted by Gasteiger charge is 2.08. The Labute approximate surface area is 132 Å². The molecule has 0 bridgehead atoms. The number of hydrogen-bond donors (Lipinski definition) is 2. The number of rotatable bonds is 5. The molecule has 2 rings (SSSR count). The molecule has 7 heteroatoms. The van der Waals surface area contributed by atoms with E-state index < -0.39 is 5.97 Å². The minimum absolute atomic E-state index is 0.128. The van der Waals surface area contributed by atoms with E-state index in [1.165, 1.54) is 23.9 Å². The maximum Gasteiger partial charge on any atom is 0.335 e. The molecule has 1 aromatic heterocycles. The van der Waals surface area contributed by atoms with Gasteiger partial charge in [0, 0.05) is 17.1 Å². The van der Waals surface area contributed by atoms with Crippen molar-refractivity contribution in [2.24, 2.45) is 0 Å². The van der Waals surface area contributed by atoms with E-state index in [2.05, 4.69) is 15.3 Å². The molecule has 0 fully saturated rings. The van der Waals surface area contributed by atoms with Gasteiger partial charge in [0.2, 0.25) is 5.91 Å². The second-order valence-electron chi connectivity index (χ2n) is 4.66. The zero-order valence-electron chi connectivity index (χ0n) is 12.2. The van der Waals surface area contributed by atoms with E-state index in [1.807, 2.05) is 19.9 Å². The SMILES string of the molecule is Cc1cc(C)nc(SCC(=O)Nc2cccc(C(=O)O)c2)n1. The summed E-state index contributed by atoms with van der Waals surface area (Å²) >= 11 is 1.24. The minimum atomic E-state index is -1.03. The van der Waals surface area contributed by atoms with Gasteiger partial charge in [0.15, 0.2) is 5.16 Å². The Morgan fingerprint density at radius 2 is 1.86 bits per heavy atom. The largest absolute Gasteiger partial charge is 0.478 e. The van der Waals surface area contributed by atoms with Crippen LogP contribution in [-0.2, 0) is 4.79 Å². The molecule has 0 spiro atoms. The van der Waals surface area contributed by atoms with E-state index in [9.17, 15) is 9.59 Å². The Balaban J connectivity index is 1.95. The van der Waals surface area contributed by atoms with E-state index in [0.29, 0.717) is 10.8 Å². The van der Waals surface area contributed by atoms with Gasteiger partial charge in [0.25, 0.3) is 0 Å². The molecule has 6 nitrogen and oxygen atoms in total. The lowest BCUT2D eigenvalue weighted by molar-refractivity contribution is -0.113. The summed E-state index contributed by atoms with van der Waals surface area (Å²) in [6, 6.07) is 7.97. The van der Waals surface area contributed by atoms with Crippen LogP contribution in [0.15, 0.2) is 35.5 Å². The molecule has 0 saturated heterocycles. The van der Waals surface area contributed by atoms with Crippen molar-refractivity contribution < 1.29 is 14.7 Å². The van der Waals surface area contributed by atoms with Crippen molar-refractivity contribution in [2.45, 2.75) is 19.0 Å². The molecule has 0 aliphatic heterocycles. The molecule has 1 amide bonds. The van der Waals surface area contributed by atoms with Crippen molar-refractivity contribution in [1.29, 1.82) is 0 Å². The molecule has 0 aliphatic rings. The van der Waals surface area contributed by atoms with E-state index in [-0.39, 0.29) is 17.2 Å². The van der Waals surface area contributed by atoms with Crippen LogP contribution < -0.4 is 5.32 Å².